The minimum atomic E-state index is -4.49. The Bertz CT molecular complexity index is 1290. The van der Waals surface area contributed by atoms with Crippen molar-refractivity contribution in [1.82, 2.24) is 4.98 Å². The number of ketones is 1. The van der Waals surface area contributed by atoms with E-state index in [1.807, 2.05) is 6.92 Å². The number of fused-ring (bicyclic) bond motifs is 1. The lowest BCUT2D eigenvalue weighted by molar-refractivity contribution is -0.137. The summed E-state index contributed by atoms with van der Waals surface area (Å²) in [5.74, 6) is -0.311. The van der Waals surface area contributed by atoms with Crippen molar-refractivity contribution in [2.75, 3.05) is 20.3 Å². The molecule has 1 unspecified atom stereocenters. The van der Waals surface area contributed by atoms with Crippen molar-refractivity contribution in [3.8, 4) is 0 Å². The van der Waals surface area contributed by atoms with E-state index in [2.05, 4.69) is 47.7 Å². The predicted octanol–water partition coefficient (Wildman–Crippen LogP) is 8.97. The van der Waals surface area contributed by atoms with E-state index < -0.39 is 26.2 Å². The molecule has 42 heavy (non-hydrogen) atoms. The first kappa shape index (κ1) is 32.8. The van der Waals surface area contributed by atoms with Crippen molar-refractivity contribution >= 4 is 14.1 Å². The molecule has 9 heteroatoms. The highest BCUT2D eigenvalue weighted by molar-refractivity contribution is 6.74. The quantitative estimate of drug-likeness (QED) is 0.233. The van der Waals surface area contributed by atoms with Crippen LogP contribution in [0.1, 0.15) is 123 Å². The first-order valence-electron chi connectivity index (χ1n) is 14.9. The number of benzene rings is 1. The number of aromatic nitrogens is 1. The second-order valence-electron chi connectivity index (χ2n) is 14.2. The summed E-state index contributed by atoms with van der Waals surface area (Å²) in [6.07, 6.45) is -2.24. The summed E-state index contributed by atoms with van der Waals surface area (Å²) in [6.45, 7) is 18.6. The van der Waals surface area contributed by atoms with Gasteiger partial charge in [0.2, 0.25) is 0 Å². The second-order valence-corrected chi connectivity index (χ2v) is 19.0. The van der Waals surface area contributed by atoms with Gasteiger partial charge in [0.25, 0.3) is 0 Å². The van der Waals surface area contributed by atoms with Crippen LogP contribution in [0, 0.1) is 5.41 Å². The number of alkyl halides is 3. The standard InChI is InChI=1S/C33H46F3NO4Si/c1-20(39-7)29-28(30(38)22-10-12-23(13-11-22)33(34,35)36)26(21-14-16-40-17-15-21)27-24(37-29)18-32(5,6)19-25(27)41-42(8,9)31(2,3)4/h10-13,20-21,25H,14-19H2,1-9H3/t20?,25-/m0/s1. The van der Waals surface area contributed by atoms with Gasteiger partial charge in [-0.15, -0.1) is 0 Å². The summed E-state index contributed by atoms with van der Waals surface area (Å²) < 4.78 is 58.7. The molecule has 0 amide bonds. The molecule has 1 saturated heterocycles. The first-order chi connectivity index (χ1) is 19.4. The van der Waals surface area contributed by atoms with Crippen molar-refractivity contribution in [2.24, 2.45) is 5.41 Å². The molecular formula is C33H46F3NO4Si. The minimum absolute atomic E-state index is 0.0234. The van der Waals surface area contributed by atoms with Crippen LogP contribution in [0.25, 0.3) is 0 Å². The fourth-order valence-electron chi connectivity index (χ4n) is 5.96. The van der Waals surface area contributed by atoms with Gasteiger partial charge in [-0.1, -0.05) is 46.8 Å². The Morgan fingerprint density at radius 3 is 2.19 bits per heavy atom. The number of ether oxygens (including phenoxy) is 2. The number of halogens is 3. The molecule has 2 atom stereocenters. The fraction of sp³-hybridized carbons (Fsp3) is 0.636. The number of carbonyl (C=O) groups is 1. The lowest BCUT2D eigenvalue weighted by Crippen LogP contribution is -2.44. The van der Waals surface area contributed by atoms with E-state index in [4.69, 9.17) is 18.9 Å². The average molecular weight is 606 g/mol. The monoisotopic (exact) mass is 605 g/mol. The molecule has 4 rings (SSSR count). The largest absolute Gasteiger partial charge is 0.416 e. The van der Waals surface area contributed by atoms with Gasteiger partial charge >= 0.3 is 6.18 Å². The van der Waals surface area contributed by atoms with E-state index >= 15 is 0 Å². The highest BCUT2D eigenvalue weighted by Crippen LogP contribution is 2.51. The Hall–Kier alpha value is -2.07. The van der Waals surface area contributed by atoms with E-state index in [9.17, 15) is 18.0 Å². The third kappa shape index (κ3) is 6.69. The molecule has 232 valence electrons. The molecule has 2 aromatic rings. The summed E-state index contributed by atoms with van der Waals surface area (Å²) in [5.41, 5.74) is 3.15. The second kappa shape index (κ2) is 11.8. The van der Waals surface area contributed by atoms with Gasteiger partial charge < -0.3 is 13.9 Å². The third-order valence-electron chi connectivity index (χ3n) is 9.40. The molecule has 2 heterocycles. The molecule has 0 N–H and O–H groups in total. The van der Waals surface area contributed by atoms with Crippen LogP contribution in [0.4, 0.5) is 13.2 Å². The summed E-state index contributed by atoms with van der Waals surface area (Å²) in [5, 5.41) is -0.0234. The maximum absolute atomic E-state index is 14.4. The summed E-state index contributed by atoms with van der Waals surface area (Å²) in [7, 11) is -0.656. The van der Waals surface area contributed by atoms with Crippen molar-refractivity contribution in [3.63, 3.8) is 0 Å². The number of carbonyl (C=O) groups excluding carboxylic acids is 1. The van der Waals surface area contributed by atoms with Crippen molar-refractivity contribution in [2.45, 2.75) is 110 Å². The average Bonchev–Trinajstić information content (AvgIpc) is 2.89. The zero-order valence-corrected chi connectivity index (χ0v) is 27.5. The number of nitrogens with zero attached hydrogens (tertiary/aromatic N) is 1. The van der Waals surface area contributed by atoms with Crippen LogP contribution in [-0.4, -0.2) is 39.4 Å². The van der Waals surface area contributed by atoms with Crippen LogP contribution in [0.3, 0.4) is 0 Å². The normalized spacial score (nSPS) is 20.7. The zero-order valence-electron chi connectivity index (χ0n) is 26.5. The number of rotatable bonds is 7. The van der Waals surface area contributed by atoms with Gasteiger partial charge in [-0.25, -0.2) is 0 Å². The Balaban J connectivity index is 2.01. The topological polar surface area (TPSA) is 57.7 Å². The molecule has 1 aliphatic carbocycles. The molecule has 1 aromatic heterocycles. The molecule has 2 aliphatic rings. The maximum Gasteiger partial charge on any atom is 0.416 e. The molecule has 0 spiro atoms. The molecule has 0 radical (unpaired) electrons. The number of methoxy groups -OCH3 is 1. The minimum Gasteiger partial charge on any atom is -0.410 e. The van der Waals surface area contributed by atoms with Gasteiger partial charge in [-0.2, -0.15) is 13.2 Å². The fourth-order valence-corrected chi connectivity index (χ4v) is 7.22. The van der Waals surface area contributed by atoms with Gasteiger partial charge in [0, 0.05) is 37.1 Å². The molecular weight excluding hydrogens is 559 g/mol. The number of hydrogen-bond acceptors (Lipinski definition) is 5. The Labute approximate surface area is 249 Å². The van der Waals surface area contributed by atoms with Crippen LogP contribution in [0.2, 0.25) is 18.1 Å². The van der Waals surface area contributed by atoms with Gasteiger partial charge in [-0.3, -0.25) is 9.78 Å². The van der Waals surface area contributed by atoms with Crippen LogP contribution in [0.5, 0.6) is 0 Å². The SMILES string of the molecule is COC(C)c1nc2c(c(C3CCOCC3)c1C(=O)c1ccc(C(F)(F)F)cc1)[C@@H](O[Si](C)(C)C(C)(C)C)CC(C)(C)C2. The van der Waals surface area contributed by atoms with Crippen molar-refractivity contribution in [1.29, 1.82) is 0 Å². The highest BCUT2D eigenvalue weighted by Gasteiger charge is 2.46. The van der Waals surface area contributed by atoms with Gasteiger partial charge in [0.15, 0.2) is 14.1 Å². The van der Waals surface area contributed by atoms with Gasteiger partial charge in [0.1, 0.15) is 0 Å². The summed E-state index contributed by atoms with van der Waals surface area (Å²) in [4.78, 5) is 19.6. The Morgan fingerprint density at radius 1 is 1.07 bits per heavy atom. The van der Waals surface area contributed by atoms with E-state index in [0.29, 0.717) is 24.5 Å². The first-order valence-corrected chi connectivity index (χ1v) is 17.8. The number of pyridine rings is 1. The highest BCUT2D eigenvalue weighted by atomic mass is 28.4. The van der Waals surface area contributed by atoms with Crippen LogP contribution in [-0.2, 0) is 26.5 Å². The lowest BCUT2D eigenvalue weighted by Gasteiger charge is -2.45. The van der Waals surface area contributed by atoms with Crippen LogP contribution < -0.4 is 0 Å². The summed E-state index contributed by atoms with van der Waals surface area (Å²) >= 11 is 0. The molecule has 1 aromatic carbocycles. The molecule has 1 fully saturated rings. The van der Waals surface area contributed by atoms with E-state index in [1.165, 1.54) is 12.1 Å². The molecule has 1 aliphatic heterocycles. The van der Waals surface area contributed by atoms with Gasteiger partial charge in [-0.05, 0) is 79.8 Å². The molecule has 5 nitrogen and oxygen atoms in total. The van der Waals surface area contributed by atoms with E-state index in [-0.39, 0.29) is 33.8 Å². The molecule has 0 bridgehead atoms. The van der Waals surface area contributed by atoms with E-state index in [0.717, 1.165) is 54.6 Å². The third-order valence-corrected chi connectivity index (χ3v) is 13.9. The lowest BCUT2D eigenvalue weighted by atomic mass is 9.70. The van der Waals surface area contributed by atoms with Crippen LogP contribution in [0.15, 0.2) is 24.3 Å². The zero-order chi connectivity index (χ0) is 31.3. The summed E-state index contributed by atoms with van der Waals surface area (Å²) in [6, 6.07) is 4.48. The van der Waals surface area contributed by atoms with Gasteiger partial charge in [0.05, 0.1) is 29.0 Å². The smallest absolute Gasteiger partial charge is 0.410 e. The maximum atomic E-state index is 14.4. The predicted molar refractivity (Wildman–Crippen MR) is 160 cm³/mol. The van der Waals surface area contributed by atoms with Crippen LogP contribution >= 0.6 is 0 Å². The Kier molecular flexibility index (Phi) is 9.21. The van der Waals surface area contributed by atoms with Crippen molar-refractivity contribution in [3.05, 3.63) is 63.5 Å². The van der Waals surface area contributed by atoms with Crippen molar-refractivity contribution < 1.29 is 31.9 Å². The molecule has 0 saturated carbocycles. The van der Waals surface area contributed by atoms with E-state index in [1.54, 1.807) is 7.11 Å². The number of hydrogen-bond donors (Lipinski definition) is 0. The Morgan fingerprint density at radius 2 is 1.67 bits per heavy atom.